The van der Waals surface area contributed by atoms with Crippen LogP contribution in [0.4, 0.5) is 0 Å². The van der Waals surface area contributed by atoms with Crippen LogP contribution in [0.1, 0.15) is 122 Å². The summed E-state index contributed by atoms with van der Waals surface area (Å²) in [5, 5.41) is 27.0. The van der Waals surface area contributed by atoms with Gasteiger partial charge in [0.1, 0.15) is 0 Å². The van der Waals surface area contributed by atoms with Crippen molar-refractivity contribution in [1.82, 2.24) is 14.7 Å². The number of hydrogen-bond donors (Lipinski definition) is 6. The summed E-state index contributed by atoms with van der Waals surface area (Å²) >= 11 is 0. The average molecular weight is 721 g/mol. The van der Waals surface area contributed by atoms with Gasteiger partial charge in [0.25, 0.3) is 0 Å². The van der Waals surface area contributed by atoms with Crippen molar-refractivity contribution >= 4 is 44.7 Å². The molecule has 8 N–H and O–H groups in total. The summed E-state index contributed by atoms with van der Waals surface area (Å²) < 4.78 is 21.8. The van der Waals surface area contributed by atoms with Crippen molar-refractivity contribution in [2.45, 2.75) is 122 Å². The average Bonchev–Trinajstić information content (AvgIpc) is 3.80. The minimum Gasteiger partial charge on any atom is -0.388 e. The maximum absolute atomic E-state index is 10.9. The van der Waals surface area contributed by atoms with Crippen molar-refractivity contribution in [3.8, 4) is 0 Å². The van der Waals surface area contributed by atoms with Gasteiger partial charge >= 0.3 is 0 Å². The maximum atomic E-state index is 10.9. The third kappa shape index (κ3) is 47.3. The van der Waals surface area contributed by atoms with E-state index in [1.54, 1.807) is 32.6 Å². The highest BCUT2D eigenvalue weighted by Gasteiger charge is 2.22. The standard InChI is InChI=1S/C7H13NO.C6H12N2O2S.C5H10N2.C5H9N.C3H7N.C3H8.C2H6N2.C2H6.CH5N.CH4/c1-7(9)8-5-3-2-4-6-8;1-6(7)8-2-4-11(9,10)5-3-8;1-5-6-3-4-7(5)2;1-4(6)5-2-3-5;1-3(2)4;1-3-2;1-2(3)4;2*1-2;/h2-6H2,1H3;7H,2-5H2,1H3;3-4H2,1-2H3;5-6H,2-3H2,1H3;4H,1-2H3;3H2,1-2H3;1H3,(H3,3,4);1-2H3;2H2,1H3;1H4. The third-order valence-electron chi connectivity index (χ3n) is 6.14. The SMILES string of the molecule is C.CC.CC(=N)C1CC1.CC(=N)N.CC(=N)N1CCS(=O)(=O)CC1.CC(=O)N1CCCCC1.CC(C)=N.CC1=NCCN1C.CCC.CN. The van der Waals surface area contributed by atoms with Crippen molar-refractivity contribution < 1.29 is 13.2 Å². The van der Waals surface area contributed by atoms with E-state index in [9.17, 15) is 13.2 Å². The zero-order valence-corrected chi connectivity index (χ0v) is 33.9. The Morgan fingerprint density at radius 2 is 1.18 bits per heavy atom. The normalized spacial score (nSPS) is 16.0. The van der Waals surface area contributed by atoms with Crippen LogP contribution in [0.25, 0.3) is 0 Å². The lowest BCUT2D eigenvalue weighted by atomic mass is 10.1. The first-order chi connectivity index (χ1) is 22.3. The van der Waals surface area contributed by atoms with Gasteiger partial charge in [-0.05, 0) is 86.6 Å². The number of nitrogens with zero attached hydrogens (tertiary/aromatic N) is 4. The first-order valence-electron chi connectivity index (χ1n) is 17.2. The molecule has 1 aliphatic carbocycles. The number of hydrogen-bond acceptors (Lipinski definition) is 10. The van der Waals surface area contributed by atoms with E-state index in [-0.39, 0.29) is 30.7 Å². The Hall–Kier alpha value is -2.87. The van der Waals surface area contributed by atoms with Gasteiger partial charge in [0.15, 0.2) is 9.84 Å². The summed E-state index contributed by atoms with van der Waals surface area (Å²) in [6, 6.07) is 0. The molecular weight excluding hydrogens is 641 g/mol. The van der Waals surface area contributed by atoms with Gasteiger partial charge < -0.3 is 37.0 Å². The van der Waals surface area contributed by atoms with Gasteiger partial charge in [0.2, 0.25) is 5.91 Å². The lowest BCUT2D eigenvalue weighted by Gasteiger charge is -2.27. The predicted molar refractivity (Wildman–Crippen MR) is 217 cm³/mol. The fraction of sp³-hybridized carbons (Fsp3) is 0.829. The smallest absolute Gasteiger partial charge is 0.219 e. The van der Waals surface area contributed by atoms with Gasteiger partial charge in [-0.25, -0.2) is 8.42 Å². The molecule has 2 saturated heterocycles. The molecule has 0 atom stereocenters. The minimum atomic E-state index is -2.79. The second-order valence-corrected chi connectivity index (χ2v) is 13.8. The molecule has 0 aromatic heterocycles. The second kappa shape index (κ2) is 37.9. The van der Waals surface area contributed by atoms with Gasteiger partial charge in [-0.2, -0.15) is 0 Å². The lowest BCUT2D eigenvalue weighted by Crippen LogP contribution is -2.42. The summed E-state index contributed by atoms with van der Waals surface area (Å²) in [5.41, 5.74) is 10.7. The molecule has 294 valence electrons. The molecule has 3 aliphatic heterocycles. The fourth-order valence-corrected chi connectivity index (χ4v) is 4.62. The Morgan fingerprint density at radius 3 is 1.35 bits per heavy atom. The molecule has 13 nitrogen and oxygen atoms in total. The Morgan fingerprint density at radius 1 is 0.816 bits per heavy atom. The Kier molecular flexibility index (Phi) is 45.2. The topological polar surface area (TPSA) is 221 Å². The molecule has 0 aromatic carbocycles. The van der Waals surface area contributed by atoms with E-state index < -0.39 is 9.84 Å². The number of carbonyl (C=O) groups excluding carboxylic acids is 1. The van der Waals surface area contributed by atoms with Crippen molar-refractivity contribution in [2.24, 2.45) is 22.4 Å². The van der Waals surface area contributed by atoms with E-state index in [1.807, 2.05) is 32.6 Å². The number of likely N-dealkylation sites (N-methyl/N-ethyl adjacent to an activating group) is 1. The van der Waals surface area contributed by atoms with Gasteiger partial charge in [0, 0.05) is 58.1 Å². The molecule has 0 bridgehead atoms. The van der Waals surface area contributed by atoms with E-state index in [2.05, 4.69) is 36.5 Å². The molecule has 4 rings (SSSR count). The molecule has 3 fully saturated rings. The summed E-state index contributed by atoms with van der Waals surface area (Å²) in [7, 11) is 0.774. The Balaban J connectivity index is -0.000000112. The van der Waals surface area contributed by atoms with Crippen molar-refractivity contribution in [1.29, 1.82) is 21.6 Å². The van der Waals surface area contributed by atoms with Gasteiger partial charge in [-0.15, -0.1) is 0 Å². The molecule has 4 aliphatic rings. The molecular formula is C35H80N10O3S. The van der Waals surface area contributed by atoms with E-state index >= 15 is 0 Å². The second-order valence-electron chi connectivity index (χ2n) is 11.5. The monoisotopic (exact) mass is 721 g/mol. The summed E-state index contributed by atoms with van der Waals surface area (Å²) in [5.74, 6) is 3.10. The Bertz CT molecular complexity index is 958. The van der Waals surface area contributed by atoms with Crippen LogP contribution in [0.15, 0.2) is 4.99 Å². The predicted octanol–water partition coefficient (Wildman–Crippen LogP) is 6.16. The summed E-state index contributed by atoms with van der Waals surface area (Å²) in [4.78, 5) is 20.7. The van der Waals surface area contributed by atoms with Crippen LogP contribution in [0.2, 0.25) is 0 Å². The van der Waals surface area contributed by atoms with E-state index in [0.717, 1.165) is 31.9 Å². The van der Waals surface area contributed by atoms with Gasteiger partial charge in [-0.1, -0.05) is 41.5 Å². The zero-order chi connectivity index (χ0) is 38.9. The molecule has 1 amide bonds. The molecule has 0 unspecified atom stereocenters. The van der Waals surface area contributed by atoms with Crippen LogP contribution < -0.4 is 11.5 Å². The highest BCUT2D eigenvalue weighted by molar-refractivity contribution is 7.91. The van der Waals surface area contributed by atoms with E-state index in [1.165, 1.54) is 58.3 Å². The third-order valence-corrected chi connectivity index (χ3v) is 7.75. The van der Waals surface area contributed by atoms with Crippen LogP contribution in [0.3, 0.4) is 0 Å². The van der Waals surface area contributed by atoms with Crippen molar-refractivity contribution in [3.63, 3.8) is 0 Å². The van der Waals surface area contributed by atoms with Gasteiger partial charge in [-0.3, -0.25) is 20.6 Å². The van der Waals surface area contributed by atoms with Crippen molar-refractivity contribution in [3.05, 3.63) is 0 Å². The highest BCUT2D eigenvalue weighted by atomic mass is 32.2. The quantitative estimate of drug-likeness (QED) is 0.137. The number of nitrogens with one attached hydrogen (secondary N) is 4. The number of likely N-dealkylation sites (tertiary alicyclic amines) is 1. The first-order valence-corrected chi connectivity index (χ1v) is 19.1. The number of rotatable bonds is 1. The van der Waals surface area contributed by atoms with Gasteiger partial charge in [0.05, 0.1) is 35.6 Å². The number of piperidine rings is 1. The fourth-order valence-electron chi connectivity index (χ4n) is 3.42. The van der Waals surface area contributed by atoms with Crippen LogP contribution in [-0.4, -0.2) is 123 Å². The maximum Gasteiger partial charge on any atom is 0.219 e. The molecule has 0 aromatic rings. The molecule has 49 heavy (non-hydrogen) atoms. The minimum absolute atomic E-state index is 0. The number of carbonyl (C=O) groups is 1. The van der Waals surface area contributed by atoms with Crippen LogP contribution in [0.5, 0.6) is 0 Å². The number of amides is 1. The van der Waals surface area contributed by atoms with Crippen LogP contribution in [-0.2, 0) is 14.6 Å². The summed E-state index contributed by atoms with van der Waals surface area (Å²) in [6.07, 6.45) is 7.48. The Labute approximate surface area is 303 Å². The molecule has 14 heteroatoms. The van der Waals surface area contributed by atoms with Crippen LogP contribution in [0, 0.1) is 27.6 Å². The zero-order valence-electron chi connectivity index (χ0n) is 33.1. The van der Waals surface area contributed by atoms with E-state index in [0.29, 0.717) is 30.6 Å². The number of sulfone groups is 1. The number of amidine groups is 3. The lowest BCUT2D eigenvalue weighted by molar-refractivity contribution is -0.129. The van der Waals surface area contributed by atoms with Crippen LogP contribution >= 0.6 is 0 Å². The molecule has 0 spiro atoms. The summed E-state index contributed by atoms with van der Waals surface area (Å²) in [6.45, 7) is 25.5. The number of nitrogens with two attached hydrogens (primary N) is 2. The number of aliphatic imine (C=N–C) groups is 1. The largest absolute Gasteiger partial charge is 0.388 e. The van der Waals surface area contributed by atoms with Crippen molar-refractivity contribution in [2.75, 3.05) is 64.9 Å². The molecule has 1 saturated carbocycles. The molecule has 0 radical (unpaired) electrons. The highest BCUT2D eigenvalue weighted by Crippen LogP contribution is 2.29. The first kappa shape index (κ1) is 58.3. The van der Waals surface area contributed by atoms with E-state index in [4.69, 9.17) is 27.4 Å². The molecule has 3 heterocycles.